The molecule has 1 aliphatic heterocycles. The number of rotatable bonds is 5. The van der Waals surface area contributed by atoms with Gasteiger partial charge in [-0.1, -0.05) is 37.4 Å². The molecule has 1 saturated heterocycles. The molecular weight excluding hydrogens is 332 g/mol. The fourth-order valence-corrected chi connectivity index (χ4v) is 5.67. The van der Waals surface area contributed by atoms with E-state index < -0.39 is 0 Å². The van der Waals surface area contributed by atoms with Gasteiger partial charge in [-0.05, 0) is 25.7 Å². The van der Waals surface area contributed by atoms with Gasteiger partial charge in [-0.15, -0.1) is 11.8 Å². The fraction of sp³-hybridized carbons (Fsp3) is 0.812. The molecule has 0 spiro atoms. The van der Waals surface area contributed by atoms with Crippen molar-refractivity contribution in [1.29, 1.82) is 0 Å². The number of nitrogens with zero attached hydrogens (tertiary/aromatic N) is 1. The minimum Gasteiger partial charge on any atom is -0.351 e. The van der Waals surface area contributed by atoms with E-state index in [-0.39, 0.29) is 34.9 Å². The molecule has 0 aromatic rings. The van der Waals surface area contributed by atoms with Crippen LogP contribution in [0.3, 0.4) is 0 Å². The molecule has 0 bridgehead atoms. The Morgan fingerprint density at radius 1 is 1.13 bits per heavy atom. The Labute approximate surface area is 145 Å². The topological polar surface area (TPSA) is 66.5 Å². The van der Waals surface area contributed by atoms with Crippen LogP contribution in [-0.2, 0) is 9.59 Å². The molecule has 23 heavy (non-hydrogen) atoms. The van der Waals surface area contributed by atoms with E-state index in [4.69, 9.17) is 0 Å². The number of amides is 3. The van der Waals surface area contributed by atoms with Gasteiger partial charge in [0.2, 0.25) is 11.8 Å². The number of carbonyl (C=O) groups excluding carboxylic acids is 3. The molecule has 0 aromatic carbocycles. The number of hydrogen-bond donors (Lipinski definition) is 1. The molecule has 0 radical (unpaired) electrons. The van der Waals surface area contributed by atoms with Crippen molar-refractivity contribution in [2.45, 2.75) is 68.7 Å². The van der Waals surface area contributed by atoms with Gasteiger partial charge in [-0.2, -0.15) is 0 Å². The third-order valence-corrected chi connectivity index (χ3v) is 7.15. The maximum atomic E-state index is 12.3. The molecule has 3 aliphatic rings. The summed E-state index contributed by atoms with van der Waals surface area (Å²) in [4.78, 5) is 37.6. The van der Waals surface area contributed by atoms with Crippen LogP contribution < -0.4 is 5.32 Å². The monoisotopic (exact) mass is 356 g/mol. The summed E-state index contributed by atoms with van der Waals surface area (Å²) in [5.41, 5.74) is 0. The van der Waals surface area contributed by atoms with E-state index in [9.17, 15) is 14.4 Å². The van der Waals surface area contributed by atoms with Gasteiger partial charge < -0.3 is 5.32 Å². The zero-order valence-electron chi connectivity index (χ0n) is 13.3. The lowest BCUT2D eigenvalue weighted by atomic mass is 9.89. The summed E-state index contributed by atoms with van der Waals surface area (Å²) in [6.45, 7) is 0. The Kier molecular flexibility index (Phi) is 5.91. The van der Waals surface area contributed by atoms with Crippen LogP contribution in [0.5, 0.6) is 0 Å². The summed E-state index contributed by atoms with van der Waals surface area (Å²) >= 11 is 2.83. The van der Waals surface area contributed by atoms with Crippen LogP contribution in [0.1, 0.15) is 51.4 Å². The zero-order valence-corrected chi connectivity index (χ0v) is 14.9. The van der Waals surface area contributed by atoms with E-state index in [2.05, 4.69) is 5.32 Å². The van der Waals surface area contributed by atoms with Crippen molar-refractivity contribution in [2.24, 2.45) is 0 Å². The van der Waals surface area contributed by atoms with Gasteiger partial charge in [-0.3, -0.25) is 19.3 Å². The Morgan fingerprint density at radius 2 is 1.83 bits per heavy atom. The molecule has 2 unspecified atom stereocenters. The van der Waals surface area contributed by atoms with Crippen molar-refractivity contribution in [1.82, 2.24) is 10.2 Å². The molecule has 0 aromatic heterocycles. The van der Waals surface area contributed by atoms with Crippen LogP contribution in [0.4, 0.5) is 4.79 Å². The number of hydrogen-bond acceptors (Lipinski definition) is 5. The van der Waals surface area contributed by atoms with Gasteiger partial charge in [0.05, 0.1) is 17.5 Å². The van der Waals surface area contributed by atoms with Gasteiger partial charge in [0.25, 0.3) is 5.24 Å². The molecule has 128 valence electrons. The van der Waals surface area contributed by atoms with E-state index in [1.54, 1.807) is 11.8 Å². The average Bonchev–Trinajstić information content (AvgIpc) is 3.17. The van der Waals surface area contributed by atoms with Gasteiger partial charge >= 0.3 is 0 Å². The average molecular weight is 357 g/mol. The fourth-order valence-electron chi connectivity index (χ4n) is 3.77. The predicted molar refractivity (Wildman–Crippen MR) is 93.6 cm³/mol. The molecule has 2 atom stereocenters. The second-order valence-corrected chi connectivity index (χ2v) is 8.78. The van der Waals surface area contributed by atoms with Crippen LogP contribution in [0.15, 0.2) is 0 Å². The first-order valence-corrected chi connectivity index (χ1v) is 10.6. The molecule has 3 fully saturated rings. The Hall–Kier alpha value is -0.690. The van der Waals surface area contributed by atoms with Crippen LogP contribution in [0, 0.1) is 0 Å². The van der Waals surface area contributed by atoms with Crippen molar-refractivity contribution in [2.75, 3.05) is 11.5 Å². The molecule has 5 nitrogen and oxygen atoms in total. The number of imide groups is 1. The van der Waals surface area contributed by atoms with Crippen LogP contribution in [0.2, 0.25) is 0 Å². The quantitative estimate of drug-likeness (QED) is 0.820. The van der Waals surface area contributed by atoms with E-state index >= 15 is 0 Å². The van der Waals surface area contributed by atoms with Gasteiger partial charge in [0.1, 0.15) is 0 Å². The smallest absolute Gasteiger partial charge is 0.289 e. The molecule has 3 amide bonds. The summed E-state index contributed by atoms with van der Waals surface area (Å²) < 4.78 is 0. The molecule has 2 aliphatic carbocycles. The predicted octanol–water partition coefficient (Wildman–Crippen LogP) is 2.79. The van der Waals surface area contributed by atoms with Crippen molar-refractivity contribution in [3.8, 4) is 0 Å². The van der Waals surface area contributed by atoms with Gasteiger partial charge in [0.15, 0.2) is 0 Å². The lowest BCUT2D eigenvalue weighted by Gasteiger charge is -2.36. The minimum absolute atomic E-state index is 0.0468. The number of thioether (sulfide) groups is 2. The summed E-state index contributed by atoms with van der Waals surface area (Å²) in [6, 6.07) is -0.230. The van der Waals surface area contributed by atoms with Gasteiger partial charge in [0, 0.05) is 11.3 Å². The molecular formula is C16H24N2O3S2. The lowest BCUT2D eigenvalue weighted by molar-refractivity contribution is -0.128. The highest BCUT2D eigenvalue weighted by Crippen LogP contribution is 2.31. The lowest BCUT2D eigenvalue weighted by Crippen LogP contribution is -2.55. The molecule has 1 heterocycles. The molecule has 2 saturated carbocycles. The largest absolute Gasteiger partial charge is 0.351 e. The van der Waals surface area contributed by atoms with Crippen molar-refractivity contribution in [3.63, 3.8) is 0 Å². The zero-order chi connectivity index (χ0) is 16.2. The maximum Gasteiger partial charge on any atom is 0.289 e. The summed E-state index contributed by atoms with van der Waals surface area (Å²) in [7, 11) is 0. The van der Waals surface area contributed by atoms with Gasteiger partial charge in [-0.25, -0.2) is 0 Å². The third kappa shape index (κ3) is 4.24. The highest BCUT2D eigenvalue weighted by Gasteiger charge is 2.41. The maximum absolute atomic E-state index is 12.3. The SMILES string of the molecule is O=C(CSC1CCCC1)NC1CCCCC1N1C(=O)CSC1=O. The Bertz CT molecular complexity index is 464. The second-order valence-electron chi connectivity index (χ2n) is 6.56. The normalized spacial score (nSPS) is 29.3. The molecule has 7 heteroatoms. The van der Waals surface area contributed by atoms with Crippen molar-refractivity contribution in [3.05, 3.63) is 0 Å². The number of nitrogens with one attached hydrogen (secondary N) is 1. The highest BCUT2D eigenvalue weighted by atomic mass is 32.2. The number of carbonyl (C=O) groups is 3. The van der Waals surface area contributed by atoms with Crippen molar-refractivity contribution >= 4 is 40.6 Å². The van der Waals surface area contributed by atoms with E-state index in [0.717, 1.165) is 37.4 Å². The molecule has 3 rings (SSSR count). The Balaban J connectivity index is 1.54. The van der Waals surface area contributed by atoms with Crippen LogP contribution in [-0.4, -0.2) is 50.8 Å². The minimum atomic E-state index is -0.154. The first-order chi connectivity index (χ1) is 11.1. The van der Waals surface area contributed by atoms with Crippen LogP contribution in [0.25, 0.3) is 0 Å². The van der Waals surface area contributed by atoms with E-state index in [0.29, 0.717) is 11.0 Å². The van der Waals surface area contributed by atoms with E-state index in [1.807, 2.05) is 0 Å². The van der Waals surface area contributed by atoms with Crippen molar-refractivity contribution < 1.29 is 14.4 Å². The Morgan fingerprint density at radius 3 is 2.52 bits per heavy atom. The highest BCUT2D eigenvalue weighted by molar-refractivity contribution is 8.14. The first-order valence-electron chi connectivity index (χ1n) is 8.55. The molecule has 1 N–H and O–H groups in total. The summed E-state index contributed by atoms with van der Waals surface area (Å²) in [6.07, 6.45) is 8.71. The van der Waals surface area contributed by atoms with Crippen LogP contribution >= 0.6 is 23.5 Å². The first kappa shape index (κ1) is 17.1. The third-order valence-electron chi connectivity index (χ3n) is 4.94. The van der Waals surface area contributed by atoms with E-state index in [1.165, 1.54) is 30.6 Å². The summed E-state index contributed by atoms with van der Waals surface area (Å²) in [5.74, 6) is 0.676. The standard InChI is InChI=1S/C16H24N2O3S2/c19-14(9-22-11-5-1-2-6-11)17-12-7-3-4-8-13(12)18-15(20)10-23-16(18)21/h11-13H,1-10H2,(H,17,19). The second kappa shape index (κ2) is 7.92. The summed E-state index contributed by atoms with van der Waals surface area (Å²) in [5, 5.41) is 3.57.